The molecule has 0 atom stereocenters. The van der Waals surface area contributed by atoms with Crippen LogP contribution in [0.15, 0.2) is 23.6 Å². The third-order valence-electron chi connectivity index (χ3n) is 3.72. The van der Waals surface area contributed by atoms with Crippen molar-refractivity contribution in [3.63, 3.8) is 0 Å². The van der Waals surface area contributed by atoms with E-state index in [-0.39, 0.29) is 30.1 Å². The Morgan fingerprint density at radius 1 is 1.24 bits per heavy atom. The molecule has 0 saturated heterocycles. The number of hydrogen-bond donors (Lipinski definition) is 2. The summed E-state index contributed by atoms with van der Waals surface area (Å²) < 4.78 is 10.5. The van der Waals surface area contributed by atoms with Crippen LogP contribution in [0.1, 0.15) is 23.3 Å². The zero-order chi connectivity index (χ0) is 17.8. The van der Waals surface area contributed by atoms with Crippen molar-refractivity contribution in [2.24, 2.45) is 0 Å². The lowest BCUT2D eigenvalue weighted by Gasteiger charge is -2.08. The Balaban J connectivity index is 1.65. The number of benzene rings is 1. The molecule has 0 bridgehead atoms. The van der Waals surface area contributed by atoms with Crippen molar-refractivity contribution in [1.29, 1.82) is 0 Å². The molecule has 1 aliphatic carbocycles. The third-order valence-corrected chi connectivity index (χ3v) is 4.61. The SMILES string of the molecule is COc1ccc(-c2nc(C(=O)NCC(=O)NC3CC3)cs2)cc1OC. The van der Waals surface area contributed by atoms with Gasteiger partial charge in [0.15, 0.2) is 11.5 Å². The number of nitrogens with zero attached hydrogens (tertiary/aromatic N) is 1. The van der Waals surface area contributed by atoms with Crippen molar-refractivity contribution >= 4 is 23.2 Å². The van der Waals surface area contributed by atoms with Gasteiger partial charge >= 0.3 is 0 Å². The highest BCUT2D eigenvalue weighted by molar-refractivity contribution is 7.13. The second-order valence-corrected chi connectivity index (χ2v) is 6.49. The van der Waals surface area contributed by atoms with Gasteiger partial charge in [0.05, 0.1) is 20.8 Å². The molecule has 8 heteroatoms. The largest absolute Gasteiger partial charge is 0.493 e. The second kappa shape index (κ2) is 7.52. The van der Waals surface area contributed by atoms with Crippen molar-refractivity contribution < 1.29 is 19.1 Å². The number of methoxy groups -OCH3 is 2. The Hall–Kier alpha value is -2.61. The van der Waals surface area contributed by atoms with E-state index in [1.807, 2.05) is 12.1 Å². The fourth-order valence-corrected chi connectivity index (χ4v) is 3.03. The zero-order valence-electron chi connectivity index (χ0n) is 14.0. The number of rotatable bonds is 7. The number of carbonyl (C=O) groups is 2. The number of hydrogen-bond acceptors (Lipinski definition) is 6. The van der Waals surface area contributed by atoms with Crippen LogP contribution in [-0.2, 0) is 4.79 Å². The summed E-state index contributed by atoms with van der Waals surface area (Å²) in [5.41, 5.74) is 1.11. The van der Waals surface area contributed by atoms with Gasteiger partial charge in [0, 0.05) is 17.0 Å². The molecule has 3 rings (SSSR count). The van der Waals surface area contributed by atoms with Crippen molar-refractivity contribution in [3.8, 4) is 22.1 Å². The van der Waals surface area contributed by atoms with Crippen LogP contribution in [0.3, 0.4) is 0 Å². The number of carbonyl (C=O) groups excluding carboxylic acids is 2. The Bertz CT molecular complexity index is 786. The highest BCUT2D eigenvalue weighted by atomic mass is 32.1. The molecule has 0 aliphatic heterocycles. The second-order valence-electron chi connectivity index (χ2n) is 5.63. The average Bonchev–Trinajstić information content (AvgIpc) is 3.30. The van der Waals surface area contributed by atoms with E-state index in [0.29, 0.717) is 16.5 Å². The summed E-state index contributed by atoms with van der Waals surface area (Å²) in [6.07, 6.45) is 2.03. The maximum Gasteiger partial charge on any atom is 0.271 e. The van der Waals surface area contributed by atoms with Crippen LogP contribution in [0.4, 0.5) is 0 Å². The Morgan fingerprint density at radius 3 is 2.68 bits per heavy atom. The molecule has 2 amide bonds. The lowest BCUT2D eigenvalue weighted by atomic mass is 10.2. The average molecular weight is 361 g/mol. The molecule has 1 fully saturated rings. The number of nitrogens with one attached hydrogen (secondary N) is 2. The Kier molecular flexibility index (Phi) is 5.18. The summed E-state index contributed by atoms with van der Waals surface area (Å²) in [6, 6.07) is 5.73. The molecule has 132 valence electrons. The van der Waals surface area contributed by atoms with Crippen molar-refractivity contribution in [2.75, 3.05) is 20.8 Å². The number of aromatic nitrogens is 1. The minimum atomic E-state index is -0.367. The summed E-state index contributed by atoms with van der Waals surface area (Å²) >= 11 is 1.35. The molecule has 1 aromatic heterocycles. The van der Waals surface area contributed by atoms with E-state index in [9.17, 15) is 9.59 Å². The Labute approximate surface area is 149 Å². The topological polar surface area (TPSA) is 89.5 Å². The standard InChI is InChI=1S/C17H19N3O4S/c1-23-13-6-3-10(7-14(13)24-2)17-20-12(9-25-17)16(22)18-8-15(21)19-11-4-5-11/h3,6-7,9,11H,4-5,8H2,1-2H3,(H,18,22)(H,19,21). The predicted octanol–water partition coefficient (Wildman–Crippen LogP) is 1.84. The van der Waals surface area contributed by atoms with Crippen LogP contribution in [0, 0.1) is 0 Å². The van der Waals surface area contributed by atoms with E-state index in [4.69, 9.17) is 9.47 Å². The molecule has 0 unspecified atom stereocenters. The van der Waals surface area contributed by atoms with Gasteiger partial charge in [-0.3, -0.25) is 9.59 Å². The first-order valence-corrected chi connectivity index (χ1v) is 8.74. The summed E-state index contributed by atoms with van der Waals surface area (Å²) in [6.45, 7) is -0.0431. The van der Waals surface area contributed by atoms with E-state index in [2.05, 4.69) is 15.6 Å². The summed E-state index contributed by atoms with van der Waals surface area (Å²) in [5, 5.41) is 7.76. The van der Waals surface area contributed by atoms with Gasteiger partial charge in [0.25, 0.3) is 5.91 Å². The van der Waals surface area contributed by atoms with E-state index in [1.165, 1.54) is 11.3 Å². The first kappa shape index (κ1) is 17.2. The van der Waals surface area contributed by atoms with Crippen LogP contribution in [-0.4, -0.2) is 43.6 Å². The van der Waals surface area contributed by atoms with Crippen LogP contribution < -0.4 is 20.1 Å². The highest BCUT2D eigenvalue weighted by Crippen LogP contribution is 2.33. The molecule has 2 N–H and O–H groups in total. The molecule has 0 radical (unpaired) electrons. The van der Waals surface area contributed by atoms with Gasteiger partial charge < -0.3 is 20.1 Å². The molecule has 1 heterocycles. The first-order chi connectivity index (χ1) is 12.1. The summed E-state index contributed by atoms with van der Waals surface area (Å²) in [4.78, 5) is 28.1. The maximum absolute atomic E-state index is 12.1. The van der Waals surface area contributed by atoms with Crippen LogP contribution in [0.5, 0.6) is 11.5 Å². The quantitative estimate of drug-likeness (QED) is 0.785. The molecule has 7 nitrogen and oxygen atoms in total. The molecule has 0 spiro atoms. The van der Waals surface area contributed by atoms with Crippen molar-refractivity contribution in [1.82, 2.24) is 15.6 Å². The fourth-order valence-electron chi connectivity index (χ4n) is 2.24. The molecule has 1 saturated carbocycles. The van der Waals surface area contributed by atoms with Gasteiger partial charge in [-0.1, -0.05) is 0 Å². The molecular formula is C17H19N3O4S. The fraction of sp³-hybridized carbons (Fsp3) is 0.353. The van der Waals surface area contributed by atoms with Gasteiger partial charge in [0.1, 0.15) is 10.7 Å². The predicted molar refractivity (Wildman–Crippen MR) is 94.2 cm³/mol. The molecule has 1 aromatic carbocycles. The normalized spacial score (nSPS) is 13.2. The number of thiazole rings is 1. The van der Waals surface area contributed by atoms with Crippen LogP contribution >= 0.6 is 11.3 Å². The molecular weight excluding hydrogens is 342 g/mol. The summed E-state index contributed by atoms with van der Waals surface area (Å²) in [7, 11) is 3.14. The number of ether oxygens (including phenoxy) is 2. The first-order valence-electron chi connectivity index (χ1n) is 7.86. The van der Waals surface area contributed by atoms with E-state index < -0.39 is 0 Å². The monoisotopic (exact) mass is 361 g/mol. The van der Waals surface area contributed by atoms with Gasteiger partial charge in [-0.25, -0.2) is 4.98 Å². The molecule has 25 heavy (non-hydrogen) atoms. The van der Waals surface area contributed by atoms with Crippen molar-refractivity contribution in [3.05, 3.63) is 29.3 Å². The van der Waals surface area contributed by atoms with Crippen LogP contribution in [0.25, 0.3) is 10.6 Å². The Morgan fingerprint density at radius 2 is 2.00 bits per heavy atom. The molecule has 1 aliphatic rings. The smallest absolute Gasteiger partial charge is 0.271 e. The third kappa shape index (κ3) is 4.27. The van der Waals surface area contributed by atoms with Gasteiger partial charge in [-0.05, 0) is 31.0 Å². The van der Waals surface area contributed by atoms with Crippen LogP contribution in [0.2, 0.25) is 0 Å². The minimum absolute atomic E-state index is 0.0431. The lowest BCUT2D eigenvalue weighted by Crippen LogP contribution is -2.37. The summed E-state index contributed by atoms with van der Waals surface area (Å²) in [5.74, 6) is 0.681. The van der Waals surface area contributed by atoms with E-state index in [0.717, 1.165) is 18.4 Å². The van der Waals surface area contributed by atoms with Gasteiger partial charge in [0.2, 0.25) is 5.91 Å². The zero-order valence-corrected chi connectivity index (χ0v) is 14.8. The highest BCUT2D eigenvalue weighted by Gasteiger charge is 2.23. The van der Waals surface area contributed by atoms with Gasteiger partial charge in [-0.15, -0.1) is 11.3 Å². The van der Waals surface area contributed by atoms with Gasteiger partial charge in [-0.2, -0.15) is 0 Å². The minimum Gasteiger partial charge on any atom is -0.493 e. The molecule has 2 aromatic rings. The van der Waals surface area contributed by atoms with Crippen molar-refractivity contribution in [2.45, 2.75) is 18.9 Å². The van der Waals surface area contributed by atoms with E-state index >= 15 is 0 Å². The lowest BCUT2D eigenvalue weighted by molar-refractivity contribution is -0.120. The maximum atomic E-state index is 12.1. The number of amides is 2. The van der Waals surface area contributed by atoms with E-state index in [1.54, 1.807) is 25.7 Å².